The molecule has 1 heterocycles. The van der Waals surface area contributed by atoms with Gasteiger partial charge in [0.2, 0.25) is 0 Å². The number of sulfonamides is 1. The van der Waals surface area contributed by atoms with Gasteiger partial charge in [0.25, 0.3) is 10.0 Å². The molecular formula is C10H17NO4S2. The van der Waals surface area contributed by atoms with Crippen molar-refractivity contribution in [3.8, 4) is 0 Å². The molecule has 7 heteroatoms. The van der Waals surface area contributed by atoms with Gasteiger partial charge in [0.05, 0.1) is 18.8 Å². The van der Waals surface area contributed by atoms with Crippen LogP contribution in [-0.2, 0) is 10.0 Å². The monoisotopic (exact) mass is 279 g/mol. The molecule has 0 atom stereocenters. The normalized spacial score (nSPS) is 12.9. The van der Waals surface area contributed by atoms with Crippen LogP contribution in [0.2, 0.25) is 0 Å². The van der Waals surface area contributed by atoms with E-state index in [-0.39, 0.29) is 4.21 Å². The molecule has 0 aliphatic carbocycles. The summed E-state index contributed by atoms with van der Waals surface area (Å²) >= 11 is 1.15. The van der Waals surface area contributed by atoms with Crippen LogP contribution >= 0.6 is 11.3 Å². The van der Waals surface area contributed by atoms with E-state index in [0.29, 0.717) is 6.42 Å². The second-order valence-electron chi connectivity index (χ2n) is 3.92. The fourth-order valence-corrected chi connectivity index (χ4v) is 4.04. The quantitative estimate of drug-likeness (QED) is 0.706. The van der Waals surface area contributed by atoms with Crippen molar-refractivity contribution in [2.45, 2.75) is 30.0 Å². The molecule has 17 heavy (non-hydrogen) atoms. The minimum atomic E-state index is -3.68. The average molecular weight is 279 g/mol. The van der Waals surface area contributed by atoms with E-state index in [1.54, 1.807) is 13.0 Å². The largest absolute Gasteiger partial charge is 0.394 e. The summed E-state index contributed by atoms with van der Waals surface area (Å²) in [4.78, 5) is 0.889. The molecule has 0 bridgehead atoms. The molecule has 0 amide bonds. The Balaban J connectivity index is 3.00. The number of aryl methyl sites for hydroxylation is 1. The standard InChI is InChI=1S/C10H17NO4S2/c1-3-10(6-12,7-13)11-17(14,15)9-5-4-8(2)16-9/h4-5,11-13H,3,6-7H2,1-2H3. The van der Waals surface area contributed by atoms with Gasteiger partial charge in [-0.25, -0.2) is 8.42 Å². The number of hydrogen-bond donors (Lipinski definition) is 3. The second kappa shape index (κ2) is 5.45. The van der Waals surface area contributed by atoms with Crippen molar-refractivity contribution >= 4 is 21.4 Å². The van der Waals surface area contributed by atoms with E-state index in [2.05, 4.69) is 4.72 Å². The summed E-state index contributed by atoms with van der Waals surface area (Å²) in [6, 6.07) is 3.22. The first-order valence-electron chi connectivity index (χ1n) is 5.21. The van der Waals surface area contributed by atoms with Gasteiger partial charge in [-0.15, -0.1) is 11.3 Å². The predicted octanol–water partition coefficient (Wildman–Crippen LogP) is 0.468. The molecule has 5 nitrogen and oxygen atoms in total. The lowest BCUT2D eigenvalue weighted by molar-refractivity contribution is 0.105. The van der Waals surface area contributed by atoms with Crippen molar-refractivity contribution in [1.29, 1.82) is 0 Å². The van der Waals surface area contributed by atoms with Crippen LogP contribution in [0.4, 0.5) is 0 Å². The fourth-order valence-electron chi connectivity index (χ4n) is 1.30. The number of nitrogens with one attached hydrogen (secondary N) is 1. The predicted molar refractivity (Wildman–Crippen MR) is 66.6 cm³/mol. The lowest BCUT2D eigenvalue weighted by Crippen LogP contribution is -2.53. The zero-order valence-corrected chi connectivity index (χ0v) is 11.4. The summed E-state index contributed by atoms with van der Waals surface area (Å²) in [7, 11) is -3.68. The number of rotatable bonds is 6. The fraction of sp³-hybridized carbons (Fsp3) is 0.600. The maximum Gasteiger partial charge on any atom is 0.250 e. The number of thiophene rings is 1. The van der Waals surface area contributed by atoms with Crippen LogP contribution in [0.25, 0.3) is 0 Å². The zero-order chi connectivity index (χ0) is 13.1. The third-order valence-electron chi connectivity index (χ3n) is 2.61. The molecular weight excluding hydrogens is 262 g/mol. The zero-order valence-electron chi connectivity index (χ0n) is 9.80. The summed E-state index contributed by atoms with van der Waals surface area (Å²) < 4.78 is 26.6. The molecule has 0 saturated heterocycles. The topological polar surface area (TPSA) is 86.6 Å². The van der Waals surface area contributed by atoms with Gasteiger partial charge in [-0.3, -0.25) is 0 Å². The van der Waals surface area contributed by atoms with Crippen LogP contribution < -0.4 is 4.72 Å². The summed E-state index contributed by atoms with van der Waals surface area (Å²) in [5.41, 5.74) is -1.20. The van der Waals surface area contributed by atoms with Crippen molar-refractivity contribution in [2.24, 2.45) is 0 Å². The van der Waals surface area contributed by atoms with Crippen molar-refractivity contribution in [3.05, 3.63) is 17.0 Å². The van der Waals surface area contributed by atoms with Crippen molar-refractivity contribution in [2.75, 3.05) is 13.2 Å². The SMILES string of the molecule is CCC(CO)(CO)NS(=O)(=O)c1ccc(C)s1. The third kappa shape index (κ3) is 3.26. The van der Waals surface area contributed by atoms with Gasteiger partial charge >= 0.3 is 0 Å². The van der Waals surface area contributed by atoms with E-state index in [1.807, 2.05) is 6.92 Å². The smallest absolute Gasteiger partial charge is 0.250 e. The van der Waals surface area contributed by atoms with E-state index in [1.165, 1.54) is 6.07 Å². The Morgan fingerprint density at radius 1 is 1.35 bits per heavy atom. The highest BCUT2D eigenvalue weighted by atomic mass is 32.2. The first-order valence-corrected chi connectivity index (χ1v) is 7.51. The summed E-state index contributed by atoms with van der Waals surface area (Å²) in [5, 5.41) is 18.4. The Kier molecular flexibility index (Phi) is 4.68. The van der Waals surface area contributed by atoms with Crippen LogP contribution in [0, 0.1) is 6.92 Å². The lowest BCUT2D eigenvalue weighted by Gasteiger charge is -2.28. The molecule has 0 unspecified atom stereocenters. The Bertz CT molecular complexity index is 454. The molecule has 0 fully saturated rings. The Labute approximate surface area is 105 Å². The van der Waals surface area contributed by atoms with Crippen molar-refractivity contribution in [3.63, 3.8) is 0 Å². The average Bonchev–Trinajstić information content (AvgIpc) is 2.74. The maximum atomic E-state index is 12.0. The van der Waals surface area contributed by atoms with E-state index in [4.69, 9.17) is 0 Å². The van der Waals surface area contributed by atoms with E-state index in [9.17, 15) is 18.6 Å². The van der Waals surface area contributed by atoms with Crippen LogP contribution in [-0.4, -0.2) is 37.4 Å². The van der Waals surface area contributed by atoms with Crippen LogP contribution in [0.5, 0.6) is 0 Å². The van der Waals surface area contributed by atoms with E-state index < -0.39 is 28.8 Å². The Hall–Kier alpha value is -0.470. The number of aliphatic hydroxyl groups is 2. The van der Waals surface area contributed by atoms with Crippen LogP contribution in [0.3, 0.4) is 0 Å². The highest BCUT2D eigenvalue weighted by molar-refractivity contribution is 7.91. The number of aliphatic hydroxyl groups excluding tert-OH is 2. The Morgan fingerprint density at radius 3 is 2.29 bits per heavy atom. The van der Waals surface area contributed by atoms with Gasteiger partial charge in [-0.2, -0.15) is 4.72 Å². The van der Waals surface area contributed by atoms with Crippen LogP contribution in [0.1, 0.15) is 18.2 Å². The molecule has 0 radical (unpaired) electrons. The molecule has 1 rings (SSSR count). The highest BCUT2D eigenvalue weighted by Crippen LogP contribution is 2.22. The van der Waals surface area contributed by atoms with Gasteiger partial charge in [0.15, 0.2) is 0 Å². The molecule has 1 aromatic rings. The molecule has 0 spiro atoms. The summed E-state index contributed by atoms with van der Waals surface area (Å²) in [6.45, 7) is 2.64. The van der Waals surface area contributed by atoms with Gasteiger partial charge < -0.3 is 10.2 Å². The maximum absolute atomic E-state index is 12.0. The van der Waals surface area contributed by atoms with Gasteiger partial charge in [0.1, 0.15) is 4.21 Å². The Morgan fingerprint density at radius 2 is 1.94 bits per heavy atom. The molecule has 0 aliphatic heterocycles. The van der Waals surface area contributed by atoms with E-state index >= 15 is 0 Å². The first kappa shape index (κ1) is 14.6. The molecule has 1 aromatic heterocycles. The molecule has 98 valence electrons. The summed E-state index contributed by atoms with van der Waals surface area (Å²) in [5.74, 6) is 0. The van der Waals surface area contributed by atoms with Gasteiger partial charge in [-0.05, 0) is 25.5 Å². The van der Waals surface area contributed by atoms with Crippen LogP contribution in [0.15, 0.2) is 16.3 Å². The molecule has 3 N–H and O–H groups in total. The van der Waals surface area contributed by atoms with Crippen molar-refractivity contribution in [1.82, 2.24) is 4.72 Å². The van der Waals surface area contributed by atoms with Gasteiger partial charge in [0, 0.05) is 4.88 Å². The molecule has 0 saturated carbocycles. The minimum absolute atomic E-state index is 0.190. The highest BCUT2D eigenvalue weighted by Gasteiger charge is 2.33. The first-order chi connectivity index (χ1) is 7.89. The second-order valence-corrected chi connectivity index (χ2v) is 7.12. The third-order valence-corrected chi connectivity index (χ3v) is 5.68. The number of hydrogen-bond acceptors (Lipinski definition) is 5. The lowest BCUT2D eigenvalue weighted by atomic mass is 10.0. The molecule has 0 aliphatic rings. The summed E-state index contributed by atoms with van der Waals surface area (Å²) in [6.07, 6.45) is 0.309. The van der Waals surface area contributed by atoms with Crippen molar-refractivity contribution < 1.29 is 18.6 Å². The molecule has 0 aromatic carbocycles. The van der Waals surface area contributed by atoms with Gasteiger partial charge in [-0.1, -0.05) is 6.92 Å². The van der Waals surface area contributed by atoms with E-state index in [0.717, 1.165) is 16.2 Å². The minimum Gasteiger partial charge on any atom is -0.394 e.